The summed E-state index contributed by atoms with van der Waals surface area (Å²) in [5.41, 5.74) is 20.1. The number of benzene rings is 12. The van der Waals surface area contributed by atoms with Crippen molar-refractivity contribution in [3.05, 3.63) is 334 Å². The molecule has 6 heteroatoms. The zero-order chi connectivity index (χ0) is 57.7. The molecule has 2 aliphatic heterocycles. The van der Waals surface area contributed by atoms with Crippen LogP contribution in [0.15, 0.2) is 300 Å². The third-order valence-corrected chi connectivity index (χ3v) is 21.3. The van der Waals surface area contributed by atoms with Gasteiger partial charge in [0.25, 0.3) is 0 Å². The van der Waals surface area contributed by atoms with Gasteiger partial charge in [-0.2, -0.15) is 0 Å². The van der Waals surface area contributed by atoms with Crippen LogP contribution in [0.4, 0.5) is 0 Å². The lowest BCUT2D eigenvalue weighted by Crippen LogP contribution is -2.45. The molecule has 16 aromatic rings. The van der Waals surface area contributed by atoms with Crippen molar-refractivity contribution in [1.82, 2.24) is 0 Å². The molecule has 0 saturated heterocycles. The maximum absolute atomic E-state index is 7.03. The second-order valence-corrected chi connectivity index (χ2v) is 25.4. The molecule has 0 unspecified atom stereocenters. The molecule has 12 aromatic carbocycles. The average Bonchev–Trinajstić information content (AvgIpc) is 1.30. The molecule has 6 heterocycles. The molecular formula is C82H48O4S2. The van der Waals surface area contributed by atoms with E-state index in [1.807, 2.05) is 34.8 Å². The van der Waals surface area contributed by atoms with Gasteiger partial charge in [-0.3, -0.25) is 0 Å². The molecule has 19 rings (SSSR count). The lowest BCUT2D eigenvalue weighted by Gasteiger charge is -2.50. The summed E-state index contributed by atoms with van der Waals surface area (Å²) in [6, 6.07) is 106. The number of fused-ring (bicyclic) bond motifs is 20. The summed E-state index contributed by atoms with van der Waals surface area (Å²) < 4.78 is 27.2. The molecule has 0 atom stereocenters. The minimum Gasteiger partial charge on any atom is -0.457 e. The predicted molar refractivity (Wildman–Crippen MR) is 360 cm³/mol. The lowest BCUT2D eigenvalue weighted by molar-refractivity contribution is 0.418. The van der Waals surface area contributed by atoms with E-state index in [0.717, 1.165) is 145 Å². The van der Waals surface area contributed by atoms with Gasteiger partial charge < -0.3 is 18.3 Å². The molecular weight excluding hydrogens is 1110 g/mol. The first-order valence-corrected chi connectivity index (χ1v) is 31.5. The molecule has 0 bridgehead atoms. The Balaban J connectivity index is 0.824. The largest absolute Gasteiger partial charge is 0.457 e. The van der Waals surface area contributed by atoms with Gasteiger partial charge in [-0.25, -0.2) is 0 Å². The van der Waals surface area contributed by atoms with Crippen molar-refractivity contribution >= 4 is 66.6 Å². The normalized spacial score (nSPS) is 13.8. The summed E-state index contributed by atoms with van der Waals surface area (Å²) in [6.45, 7) is 0. The van der Waals surface area contributed by atoms with Crippen LogP contribution in [0.1, 0.15) is 43.1 Å². The van der Waals surface area contributed by atoms with Crippen molar-refractivity contribution in [2.45, 2.75) is 10.8 Å². The number of thiophene rings is 2. The molecule has 0 fully saturated rings. The highest BCUT2D eigenvalue weighted by molar-refractivity contribution is 7.17. The summed E-state index contributed by atoms with van der Waals surface area (Å²) in [6.07, 6.45) is 0. The summed E-state index contributed by atoms with van der Waals surface area (Å²) in [4.78, 5) is 4.87. The first-order valence-electron chi connectivity index (χ1n) is 29.8. The number of hydrogen-bond acceptors (Lipinski definition) is 6. The molecule has 0 N–H and O–H groups in total. The van der Waals surface area contributed by atoms with Gasteiger partial charge in [0, 0.05) is 74.4 Å². The Bertz CT molecular complexity index is 5090. The highest BCUT2D eigenvalue weighted by atomic mass is 32.1. The van der Waals surface area contributed by atoms with Gasteiger partial charge in [0.05, 0.1) is 10.8 Å². The minimum atomic E-state index is -0.797. The Morgan fingerprint density at radius 3 is 0.943 bits per heavy atom. The Hall–Kier alpha value is -10.8. The molecule has 88 heavy (non-hydrogen) atoms. The molecule has 0 saturated carbocycles. The van der Waals surface area contributed by atoms with Crippen LogP contribution in [0, 0.1) is 0 Å². The molecule has 0 amide bonds. The van der Waals surface area contributed by atoms with Crippen molar-refractivity contribution < 1.29 is 18.3 Å². The molecule has 4 aromatic heterocycles. The Labute approximate surface area is 515 Å². The zero-order valence-corrected chi connectivity index (χ0v) is 48.8. The van der Waals surface area contributed by atoms with Crippen LogP contribution in [-0.4, -0.2) is 0 Å². The highest BCUT2D eigenvalue weighted by Gasteiger charge is 2.61. The van der Waals surface area contributed by atoms with Crippen LogP contribution in [0.25, 0.3) is 109 Å². The summed E-state index contributed by atoms with van der Waals surface area (Å²) in [5.74, 6) is 3.41. The van der Waals surface area contributed by atoms with Crippen molar-refractivity contribution in [1.29, 1.82) is 0 Å². The van der Waals surface area contributed by atoms with Gasteiger partial charge in [-0.1, -0.05) is 218 Å². The fourth-order valence-electron chi connectivity index (χ4n) is 14.9. The van der Waals surface area contributed by atoms with Gasteiger partial charge >= 0.3 is 0 Å². The van der Waals surface area contributed by atoms with Crippen molar-refractivity contribution in [2.75, 3.05) is 0 Å². The number of hydrogen-bond donors (Lipinski definition) is 0. The third kappa shape index (κ3) is 7.01. The van der Waals surface area contributed by atoms with E-state index in [2.05, 4.69) is 279 Å². The standard InChI is InChI=1S/C82H48O4S2/c1-7-37-69-59(27-1)61-31-17-29-57(77(61)85-69)53-23-13-19-49(43-53)51-21-15-25-55(45-51)75-47-67-79(87-75)82(65-35-5-11-41-73(65)84-74-42-12-6-36-66(74)82)68-48-76(88-80(68)81(67)63-33-3-9-39-71(63)83-72-40-10-4-34-64(72)81)56-26-16-22-52(46-56)50-20-14-24-54(44-50)58-30-18-32-62-60-28-2-8-38-70(60)86-78(58)62/h1-48H. The maximum Gasteiger partial charge on any atom is 0.143 e. The van der Waals surface area contributed by atoms with Crippen LogP contribution >= 0.6 is 22.7 Å². The van der Waals surface area contributed by atoms with Crippen molar-refractivity contribution in [3.8, 4) is 88.4 Å². The Morgan fingerprint density at radius 2 is 0.545 bits per heavy atom. The number of rotatable bonds is 6. The monoisotopic (exact) mass is 1160 g/mol. The first kappa shape index (κ1) is 49.5. The van der Waals surface area contributed by atoms with E-state index in [0.29, 0.717) is 0 Å². The zero-order valence-electron chi connectivity index (χ0n) is 47.2. The third-order valence-electron chi connectivity index (χ3n) is 18.7. The van der Waals surface area contributed by atoms with E-state index in [9.17, 15) is 0 Å². The van der Waals surface area contributed by atoms with Gasteiger partial charge in [0.15, 0.2) is 0 Å². The Kier molecular flexibility index (Phi) is 10.6. The summed E-state index contributed by atoms with van der Waals surface area (Å²) in [7, 11) is 0. The van der Waals surface area contributed by atoms with E-state index in [1.54, 1.807) is 0 Å². The van der Waals surface area contributed by atoms with Crippen LogP contribution in [0.5, 0.6) is 23.0 Å². The maximum atomic E-state index is 7.03. The topological polar surface area (TPSA) is 44.7 Å². The second-order valence-electron chi connectivity index (χ2n) is 23.3. The number of ether oxygens (including phenoxy) is 2. The van der Waals surface area contributed by atoms with E-state index in [1.165, 1.54) is 30.6 Å². The van der Waals surface area contributed by atoms with E-state index in [-0.39, 0.29) is 0 Å². The van der Waals surface area contributed by atoms with Crippen molar-refractivity contribution in [2.24, 2.45) is 0 Å². The number of furan rings is 2. The highest BCUT2D eigenvalue weighted by Crippen LogP contribution is 2.70. The Morgan fingerprint density at radius 1 is 0.239 bits per heavy atom. The fraction of sp³-hybridized carbons (Fsp3) is 0.0244. The van der Waals surface area contributed by atoms with Crippen LogP contribution in [0.2, 0.25) is 0 Å². The molecule has 1 aliphatic carbocycles. The summed E-state index contributed by atoms with van der Waals surface area (Å²) in [5, 5.41) is 4.49. The molecule has 412 valence electrons. The first-order chi connectivity index (χ1) is 43.6. The van der Waals surface area contributed by atoms with Crippen LogP contribution in [0.3, 0.4) is 0 Å². The second kappa shape index (κ2) is 18.9. The number of para-hydroxylation sites is 8. The smallest absolute Gasteiger partial charge is 0.143 e. The van der Waals surface area contributed by atoms with Crippen LogP contribution < -0.4 is 9.47 Å². The van der Waals surface area contributed by atoms with Crippen molar-refractivity contribution in [3.63, 3.8) is 0 Å². The van der Waals surface area contributed by atoms with Gasteiger partial charge in [0.1, 0.15) is 45.3 Å². The predicted octanol–water partition coefficient (Wildman–Crippen LogP) is 22.9. The molecule has 0 radical (unpaired) electrons. The molecule has 2 spiro atoms. The molecule has 3 aliphatic rings. The van der Waals surface area contributed by atoms with Gasteiger partial charge in [0.2, 0.25) is 0 Å². The van der Waals surface area contributed by atoms with Gasteiger partial charge in [-0.05, 0) is 128 Å². The summed E-state index contributed by atoms with van der Waals surface area (Å²) >= 11 is 3.81. The fourth-order valence-corrected chi connectivity index (χ4v) is 17.8. The quantitative estimate of drug-likeness (QED) is 0.166. The van der Waals surface area contributed by atoms with E-state index >= 15 is 0 Å². The van der Waals surface area contributed by atoms with Crippen LogP contribution in [-0.2, 0) is 10.8 Å². The SMILES string of the molecule is c1cc(-c2cccc(-c3cccc4c3oc3ccccc34)c2)cc(-c2cc3c(s2)C2(c4ccccc4Oc4ccccc42)c2cc(-c4cccc(-c5cccc(-c6cccc7c6oc6ccccc67)c5)c4)sc2C32c3ccccc3Oc3ccccc32)c1. The average molecular weight is 1160 g/mol. The van der Waals surface area contributed by atoms with E-state index < -0.39 is 10.8 Å². The van der Waals surface area contributed by atoms with Gasteiger partial charge in [-0.15, -0.1) is 22.7 Å². The minimum absolute atomic E-state index is 0.797. The lowest BCUT2D eigenvalue weighted by atomic mass is 9.54. The molecule has 4 nitrogen and oxygen atoms in total. The van der Waals surface area contributed by atoms with E-state index in [4.69, 9.17) is 18.3 Å².